The quantitative estimate of drug-likeness (QED) is 0.859. The molecule has 1 aliphatic heterocycles. The van der Waals surface area contributed by atoms with Gasteiger partial charge in [0.25, 0.3) is 0 Å². The largest absolute Gasteiger partial charge is 0.455 e. The van der Waals surface area contributed by atoms with Crippen LogP contribution in [0.4, 0.5) is 5.82 Å². The lowest BCUT2D eigenvalue weighted by Crippen LogP contribution is -2.28. The normalized spacial score (nSPS) is 19.9. The summed E-state index contributed by atoms with van der Waals surface area (Å²) in [7, 11) is 0. The van der Waals surface area contributed by atoms with Gasteiger partial charge in [-0.1, -0.05) is 0 Å². The Morgan fingerprint density at radius 1 is 1.05 bits per heavy atom. The summed E-state index contributed by atoms with van der Waals surface area (Å²) in [5, 5.41) is 3.43. The third kappa shape index (κ3) is 1.97. The molecule has 5 heteroatoms. The van der Waals surface area contributed by atoms with Gasteiger partial charge in [-0.15, -0.1) is 0 Å². The second-order valence-corrected chi connectivity index (χ2v) is 5.68. The lowest BCUT2D eigenvalue weighted by atomic mass is 9.98. The molecule has 1 N–H and O–H groups in total. The molecule has 1 aliphatic carbocycles. The van der Waals surface area contributed by atoms with Crippen molar-refractivity contribution >= 4 is 16.9 Å². The maximum atomic E-state index is 6.13. The monoisotopic (exact) mass is 272 g/mol. The summed E-state index contributed by atoms with van der Waals surface area (Å²) < 4.78 is 6.13. The molecule has 0 bridgehead atoms. The molecule has 0 saturated carbocycles. The molecular weight excluding hydrogens is 252 g/mol. The fourth-order valence-electron chi connectivity index (χ4n) is 3.32. The zero-order chi connectivity index (χ0) is 13.4. The van der Waals surface area contributed by atoms with Gasteiger partial charge in [0.2, 0.25) is 0 Å². The van der Waals surface area contributed by atoms with E-state index in [1.54, 1.807) is 6.33 Å². The van der Waals surface area contributed by atoms with Crippen LogP contribution in [0.1, 0.15) is 30.6 Å². The number of hydrogen-bond donors (Lipinski definition) is 1. The fourth-order valence-corrected chi connectivity index (χ4v) is 3.32. The van der Waals surface area contributed by atoms with Gasteiger partial charge in [0.15, 0.2) is 11.4 Å². The Balaban J connectivity index is 1.81. The number of nitrogens with zero attached hydrogens (tertiary/aromatic N) is 3. The predicted octanol–water partition coefficient (Wildman–Crippen LogP) is 1.90. The molecule has 0 unspecified atom stereocenters. The van der Waals surface area contributed by atoms with E-state index in [4.69, 9.17) is 4.42 Å². The first-order valence-electron chi connectivity index (χ1n) is 7.64. The third-order valence-electron chi connectivity index (χ3n) is 4.35. The first kappa shape index (κ1) is 12.1. The molecule has 0 radical (unpaired) electrons. The van der Waals surface area contributed by atoms with Crippen molar-refractivity contribution in [2.75, 3.05) is 31.1 Å². The van der Waals surface area contributed by atoms with Crippen LogP contribution in [-0.2, 0) is 12.8 Å². The Labute approximate surface area is 118 Å². The number of rotatable bonds is 1. The van der Waals surface area contributed by atoms with E-state index in [1.165, 1.54) is 18.4 Å². The van der Waals surface area contributed by atoms with Crippen molar-refractivity contribution in [3.05, 3.63) is 17.7 Å². The topological polar surface area (TPSA) is 54.2 Å². The van der Waals surface area contributed by atoms with Crippen LogP contribution in [0.5, 0.6) is 0 Å². The Kier molecular flexibility index (Phi) is 3.07. The van der Waals surface area contributed by atoms with E-state index in [1.807, 2.05) is 0 Å². The number of nitrogens with one attached hydrogen (secondary N) is 1. The van der Waals surface area contributed by atoms with Gasteiger partial charge in [0, 0.05) is 31.6 Å². The molecule has 0 atom stereocenters. The number of fused-ring (bicyclic) bond motifs is 3. The minimum atomic E-state index is 0.904. The molecular formula is C15H20N4O. The number of anilines is 1. The highest BCUT2D eigenvalue weighted by molar-refractivity contribution is 5.87. The zero-order valence-corrected chi connectivity index (χ0v) is 11.7. The first-order valence-corrected chi connectivity index (χ1v) is 7.64. The van der Waals surface area contributed by atoms with Gasteiger partial charge in [-0.05, 0) is 32.2 Å². The van der Waals surface area contributed by atoms with Crippen LogP contribution in [-0.4, -0.2) is 36.1 Å². The van der Waals surface area contributed by atoms with Crippen LogP contribution in [0.2, 0.25) is 0 Å². The molecule has 20 heavy (non-hydrogen) atoms. The van der Waals surface area contributed by atoms with Gasteiger partial charge in [0.05, 0.1) is 0 Å². The van der Waals surface area contributed by atoms with Crippen LogP contribution < -0.4 is 10.2 Å². The van der Waals surface area contributed by atoms with Gasteiger partial charge in [0.1, 0.15) is 17.6 Å². The molecule has 5 nitrogen and oxygen atoms in total. The average Bonchev–Trinajstić information content (AvgIpc) is 2.68. The molecule has 1 fully saturated rings. The Morgan fingerprint density at radius 2 is 2.00 bits per heavy atom. The molecule has 0 amide bonds. The highest BCUT2D eigenvalue weighted by atomic mass is 16.3. The van der Waals surface area contributed by atoms with Crippen molar-refractivity contribution in [2.45, 2.75) is 32.1 Å². The van der Waals surface area contributed by atoms with Crippen molar-refractivity contribution in [3.63, 3.8) is 0 Å². The molecule has 3 heterocycles. The minimum Gasteiger partial charge on any atom is -0.455 e. The summed E-state index contributed by atoms with van der Waals surface area (Å²) in [4.78, 5) is 11.3. The predicted molar refractivity (Wildman–Crippen MR) is 78.1 cm³/mol. The lowest BCUT2D eigenvalue weighted by molar-refractivity contribution is 0.504. The maximum absolute atomic E-state index is 6.13. The summed E-state index contributed by atoms with van der Waals surface area (Å²) in [6.07, 6.45) is 7.46. The van der Waals surface area contributed by atoms with E-state index < -0.39 is 0 Å². The second-order valence-electron chi connectivity index (χ2n) is 5.68. The SMILES string of the molecule is c1nc(N2CCCNCC2)c2oc3c(c2n1)CCCC3. The van der Waals surface area contributed by atoms with E-state index in [2.05, 4.69) is 20.2 Å². The first-order chi connectivity index (χ1) is 9.93. The molecule has 2 aromatic rings. The van der Waals surface area contributed by atoms with Crippen molar-refractivity contribution in [3.8, 4) is 0 Å². The summed E-state index contributed by atoms with van der Waals surface area (Å²) in [5.41, 5.74) is 3.27. The fraction of sp³-hybridized carbons (Fsp3) is 0.600. The standard InChI is InChI=1S/C15H20N4O/c1-2-5-12-11(4-1)13-14(20-12)15(18-10-17-13)19-8-3-6-16-7-9-19/h10,16H,1-9H2. The second kappa shape index (κ2) is 5.05. The van der Waals surface area contributed by atoms with Gasteiger partial charge < -0.3 is 14.6 Å². The summed E-state index contributed by atoms with van der Waals surface area (Å²) in [6, 6.07) is 0. The average molecular weight is 272 g/mol. The summed E-state index contributed by atoms with van der Waals surface area (Å²) in [6.45, 7) is 4.10. The molecule has 2 aromatic heterocycles. The van der Waals surface area contributed by atoms with Crippen LogP contribution in [0.3, 0.4) is 0 Å². The van der Waals surface area contributed by atoms with Crippen molar-refractivity contribution in [2.24, 2.45) is 0 Å². The Morgan fingerprint density at radius 3 is 3.00 bits per heavy atom. The van der Waals surface area contributed by atoms with Crippen LogP contribution >= 0.6 is 0 Å². The van der Waals surface area contributed by atoms with Gasteiger partial charge in [-0.3, -0.25) is 0 Å². The van der Waals surface area contributed by atoms with E-state index in [-0.39, 0.29) is 0 Å². The lowest BCUT2D eigenvalue weighted by Gasteiger charge is -2.20. The van der Waals surface area contributed by atoms with E-state index in [0.717, 1.165) is 68.1 Å². The molecule has 1 saturated heterocycles. The van der Waals surface area contributed by atoms with Crippen LogP contribution in [0.15, 0.2) is 10.7 Å². The van der Waals surface area contributed by atoms with Crippen molar-refractivity contribution in [1.82, 2.24) is 15.3 Å². The van der Waals surface area contributed by atoms with E-state index in [0.29, 0.717) is 0 Å². The minimum absolute atomic E-state index is 0.904. The van der Waals surface area contributed by atoms with Gasteiger partial charge >= 0.3 is 0 Å². The van der Waals surface area contributed by atoms with E-state index in [9.17, 15) is 0 Å². The maximum Gasteiger partial charge on any atom is 0.195 e. The zero-order valence-electron chi connectivity index (χ0n) is 11.7. The third-order valence-corrected chi connectivity index (χ3v) is 4.35. The van der Waals surface area contributed by atoms with Crippen LogP contribution in [0.25, 0.3) is 11.1 Å². The number of hydrogen-bond acceptors (Lipinski definition) is 5. The summed E-state index contributed by atoms with van der Waals surface area (Å²) >= 11 is 0. The smallest absolute Gasteiger partial charge is 0.195 e. The molecule has 106 valence electrons. The number of aromatic nitrogens is 2. The van der Waals surface area contributed by atoms with Gasteiger partial charge in [-0.2, -0.15) is 0 Å². The Bertz CT molecular complexity index is 614. The van der Waals surface area contributed by atoms with Crippen molar-refractivity contribution < 1.29 is 4.42 Å². The highest BCUT2D eigenvalue weighted by Crippen LogP contribution is 2.34. The van der Waals surface area contributed by atoms with Gasteiger partial charge in [-0.25, -0.2) is 9.97 Å². The number of aryl methyl sites for hydroxylation is 2. The Hall–Kier alpha value is -1.62. The molecule has 4 rings (SSSR count). The van der Waals surface area contributed by atoms with Crippen molar-refractivity contribution in [1.29, 1.82) is 0 Å². The highest BCUT2D eigenvalue weighted by Gasteiger charge is 2.23. The molecule has 0 spiro atoms. The van der Waals surface area contributed by atoms with Crippen LogP contribution in [0, 0.1) is 0 Å². The molecule has 2 aliphatic rings. The molecule has 0 aromatic carbocycles. The summed E-state index contributed by atoms with van der Waals surface area (Å²) in [5.74, 6) is 2.12. The van der Waals surface area contributed by atoms with E-state index >= 15 is 0 Å². The number of furan rings is 1.